The Morgan fingerprint density at radius 1 is 1.02 bits per heavy atom. The van der Waals surface area contributed by atoms with Gasteiger partial charge >= 0.3 is 12.1 Å². The molecule has 2 N–H and O–H groups in total. The highest BCUT2D eigenvalue weighted by Crippen LogP contribution is 2.84. The Labute approximate surface area is 243 Å². The van der Waals surface area contributed by atoms with E-state index >= 15 is 0 Å². The van der Waals surface area contributed by atoms with Gasteiger partial charge in [-0.15, -0.1) is 0 Å². The molecule has 0 bridgehead atoms. The molecule has 10 nitrogen and oxygen atoms in total. The molecule has 2 spiro atoms. The number of nitrogens with zero attached hydrogens (tertiary/aromatic N) is 1. The van der Waals surface area contributed by atoms with Gasteiger partial charge in [0, 0.05) is 36.1 Å². The average Bonchev–Trinajstić information content (AvgIpc) is 3.28. The lowest BCUT2D eigenvalue weighted by atomic mass is 9.77. The number of hydrogen-bond acceptors (Lipinski definition) is 8. The predicted octanol–water partition coefficient (Wildman–Crippen LogP) is 2.60. The summed E-state index contributed by atoms with van der Waals surface area (Å²) < 4.78 is 56.2. The van der Waals surface area contributed by atoms with E-state index in [4.69, 9.17) is 19.9 Å². The SMILES string of the molecule is CC(C)(C)[C@H](CC(=O)OC1CCOC1)C(=O)N1C[C@]2(C[C@H]1C(=O)CC(CC(F)(F)F)C(=O)C(N)=O)C(C)(C)C21COC1. The van der Waals surface area contributed by atoms with Gasteiger partial charge in [0.1, 0.15) is 6.10 Å². The van der Waals surface area contributed by atoms with Gasteiger partial charge in [-0.1, -0.05) is 34.6 Å². The average molecular weight is 603 g/mol. The van der Waals surface area contributed by atoms with E-state index in [9.17, 15) is 37.1 Å². The first-order valence-corrected chi connectivity index (χ1v) is 14.3. The minimum atomic E-state index is -4.82. The Balaban J connectivity index is 1.63. The number of esters is 1. The molecule has 13 heteroatoms. The molecule has 3 saturated heterocycles. The number of hydrogen-bond donors (Lipinski definition) is 1. The molecule has 1 saturated carbocycles. The van der Waals surface area contributed by atoms with E-state index in [1.54, 1.807) is 20.8 Å². The van der Waals surface area contributed by atoms with Crippen LogP contribution in [-0.4, -0.2) is 85.5 Å². The van der Waals surface area contributed by atoms with Crippen LogP contribution in [0.3, 0.4) is 0 Å². The van der Waals surface area contributed by atoms with E-state index in [1.807, 2.05) is 13.8 Å². The summed E-state index contributed by atoms with van der Waals surface area (Å²) in [7, 11) is 0. The highest BCUT2D eigenvalue weighted by atomic mass is 19.4. The Morgan fingerprint density at radius 3 is 2.12 bits per heavy atom. The maximum Gasteiger partial charge on any atom is 0.389 e. The van der Waals surface area contributed by atoms with Crippen molar-refractivity contribution in [3.05, 3.63) is 0 Å². The number of amides is 2. The number of primary amides is 1. The predicted molar refractivity (Wildman–Crippen MR) is 140 cm³/mol. The van der Waals surface area contributed by atoms with Crippen molar-refractivity contribution in [2.24, 2.45) is 39.2 Å². The van der Waals surface area contributed by atoms with E-state index < -0.39 is 83.2 Å². The van der Waals surface area contributed by atoms with Crippen molar-refractivity contribution in [3.63, 3.8) is 0 Å². The monoisotopic (exact) mass is 602 g/mol. The second kappa shape index (κ2) is 10.9. The number of ketones is 2. The number of carbonyl (C=O) groups excluding carboxylic acids is 5. The van der Waals surface area contributed by atoms with E-state index in [0.29, 0.717) is 26.2 Å². The third kappa shape index (κ3) is 5.58. The van der Waals surface area contributed by atoms with Gasteiger partial charge in [0.05, 0.1) is 51.2 Å². The van der Waals surface area contributed by atoms with Crippen LogP contribution < -0.4 is 5.73 Å². The molecule has 2 unspecified atom stereocenters. The number of nitrogens with two attached hydrogens (primary N) is 1. The van der Waals surface area contributed by atoms with Gasteiger partial charge in [-0.2, -0.15) is 13.2 Å². The summed E-state index contributed by atoms with van der Waals surface area (Å²) in [6, 6.07) is -1.14. The smallest absolute Gasteiger partial charge is 0.389 e. The van der Waals surface area contributed by atoms with Crippen molar-refractivity contribution in [1.82, 2.24) is 4.90 Å². The molecule has 0 aromatic carbocycles. The van der Waals surface area contributed by atoms with Crippen LogP contribution in [0.1, 0.15) is 66.7 Å². The van der Waals surface area contributed by atoms with Gasteiger partial charge in [0.25, 0.3) is 5.91 Å². The van der Waals surface area contributed by atoms with Crippen molar-refractivity contribution in [2.45, 2.75) is 85.0 Å². The van der Waals surface area contributed by atoms with E-state index in [2.05, 4.69) is 0 Å². The number of rotatable bonds is 10. The number of Topliss-reactive ketones (excluding diaryl/α,β-unsaturated/α-hetero) is 2. The first-order chi connectivity index (χ1) is 19.3. The molecule has 3 heterocycles. The van der Waals surface area contributed by atoms with Gasteiger partial charge in [-0.3, -0.25) is 24.0 Å². The Hall–Kier alpha value is -2.54. The van der Waals surface area contributed by atoms with Crippen LogP contribution in [-0.2, 0) is 38.2 Å². The fourth-order valence-electron chi connectivity index (χ4n) is 7.51. The zero-order valence-corrected chi connectivity index (χ0v) is 24.8. The second-order valence-electron chi connectivity index (χ2n) is 14.0. The van der Waals surface area contributed by atoms with E-state index in [0.717, 1.165) is 0 Å². The first kappa shape index (κ1) is 32.4. The molecule has 4 rings (SSSR count). The molecule has 3 aliphatic heterocycles. The topological polar surface area (TPSA) is 142 Å². The lowest BCUT2D eigenvalue weighted by Gasteiger charge is -2.35. The number of likely N-dealkylation sites (tertiary alicyclic amines) is 1. The third-order valence-corrected chi connectivity index (χ3v) is 10.4. The molecule has 236 valence electrons. The summed E-state index contributed by atoms with van der Waals surface area (Å²) in [6.45, 7) is 11.2. The number of fused-ring (bicyclic) bond motifs is 1. The van der Waals surface area contributed by atoms with Crippen LogP contribution >= 0.6 is 0 Å². The van der Waals surface area contributed by atoms with Gasteiger partial charge in [-0.05, 0) is 17.3 Å². The van der Waals surface area contributed by atoms with Crippen LogP contribution in [0.2, 0.25) is 0 Å². The Morgan fingerprint density at radius 2 is 1.67 bits per heavy atom. The van der Waals surface area contributed by atoms with Crippen molar-refractivity contribution in [3.8, 4) is 0 Å². The summed E-state index contributed by atoms with van der Waals surface area (Å²) in [4.78, 5) is 66.1. The number of halogens is 3. The minimum absolute atomic E-state index is 0.157. The fourth-order valence-corrected chi connectivity index (χ4v) is 7.51. The molecule has 42 heavy (non-hydrogen) atoms. The lowest BCUT2D eigenvalue weighted by molar-refractivity contribution is -0.159. The van der Waals surface area contributed by atoms with E-state index in [-0.39, 0.29) is 36.8 Å². The molecule has 0 aromatic heterocycles. The number of carbonyl (C=O) groups is 5. The molecule has 1 aliphatic carbocycles. The van der Waals surface area contributed by atoms with Crippen molar-refractivity contribution in [2.75, 3.05) is 33.0 Å². The van der Waals surface area contributed by atoms with Crippen LogP contribution in [0.25, 0.3) is 0 Å². The van der Waals surface area contributed by atoms with Gasteiger partial charge in [-0.25, -0.2) is 0 Å². The summed E-state index contributed by atoms with van der Waals surface area (Å²) in [6.07, 6.45) is -7.33. The molecule has 0 aromatic rings. The zero-order valence-electron chi connectivity index (χ0n) is 24.8. The number of ether oxygens (including phenoxy) is 3. The van der Waals surface area contributed by atoms with Gasteiger partial charge in [0.2, 0.25) is 11.7 Å². The highest BCUT2D eigenvalue weighted by Gasteiger charge is 2.86. The van der Waals surface area contributed by atoms with Crippen LogP contribution in [0.15, 0.2) is 0 Å². The van der Waals surface area contributed by atoms with Crippen LogP contribution in [0.5, 0.6) is 0 Å². The van der Waals surface area contributed by atoms with E-state index in [1.165, 1.54) is 4.90 Å². The third-order valence-electron chi connectivity index (χ3n) is 10.4. The zero-order chi connectivity index (χ0) is 31.5. The highest BCUT2D eigenvalue weighted by molar-refractivity contribution is 6.36. The molecule has 0 radical (unpaired) electrons. The van der Waals surface area contributed by atoms with Crippen molar-refractivity contribution < 1.29 is 51.4 Å². The largest absolute Gasteiger partial charge is 0.460 e. The summed E-state index contributed by atoms with van der Waals surface area (Å²) >= 11 is 0. The lowest BCUT2D eigenvalue weighted by Crippen LogP contribution is -2.48. The minimum Gasteiger partial charge on any atom is -0.460 e. The maximum atomic E-state index is 14.3. The van der Waals surface area contributed by atoms with Gasteiger partial charge < -0.3 is 24.8 Å². The second-order valence-corrected chi connectivity index (χ2v) is 14.0. The first-order valence-electron chi connectivity index (χ1n) is 14.3. The van der Waals surface area contributed by atoms with Crippen molar-refractivity contribution in [1.29, 1.82) is 0 Å². The summed E-state index contributed by atoms with van der Waals surface area (Å²) in [5.74, 6) is -7.73. The molecule has 2 amide bonds. The molecular weight excluding hydrogens is 561 g/mol. The molecule has 5 atom stereocenters. The molecule has 4 aliphatic rings. The standard InChI is InChI=1S/C29H41F3N2O8/c1-25(2,3)18(9-21(36)42-17-6-7-40-12-17)24(39)34-13-27(26(4,5)28(27)14-41-15-28)11-19(34)20(35)8-16(10-29(30,31)32)22(37)23(33)38/h16-19H,6-15H2,1-5H3,(H2,33,38)/t16?,17?,18-,19+,27-/m1/s1. The quantitative estimate of drug-likeness (QED) is 0.297. The number of alkyl halides is 3. The van der Waals surface area contributed by atoms with Gasteiger partial charge in [0.15, 0.2) is 5.78 Å². The van der Waals surface area contributed by atoms with Crippen LogP contribution in [0.4, 0.5) is 13.2 Å². The Bertz CT molecular complexity index is 1140. The maximum absolute atomic E-state index is 14.3. The normalized spacial score (nSPS) is 29.2. The van der Waals surface area contributed by atoms with Crippen molar-refractivity contribution >= 4 is 29.4 Å². The molecule has 4 fully saturated rings. The van der Waals surface area contributed by atoms with Crippen LogP contribution in [0, 0.1) is 33.5 Å². The molecular formula is C29H41F3N2O8. The summed E-state index contributed by atoms with van der Waals surface area (Å²) in [5.41, 5.74) is 3.10. The fraction of sp³-hybridized carbons (Fsp3) is 0.828. The Kier molecular flexibility index (Phi) is 8.38. The summed E-state index contributed by atoms with van der Waals surface area (Å²) in [5, 5.41) is 0.